The van der Waals surface area contributed by atoms with Gasteiger partial charge in [-0.05, 0) is 43.0 Å². The van der Waals surface area contributed by atoms with Crippen LogP contribution in [0.1, 0.15) is 65.4 Å². The Hall–Kier alpha value is -1.02. The van der Waals surface area contributed by atoms with Crippen molar-refractivity contribution in [3.8, 4) is 5.75 Å². The van der Waals surface area contributed by atoms with Crippen LogP contribution >= 0.6 is 0 Å². The Kier molecular flexibility index (Phi) is 7.68. The molecule has 20 heavy (non-hydrogen) atoms. The fourth-order valence-electron chi connectivity index (χ4n) is 2.55. The van der Waals surface area contributed by atoms with Gasteiger partial charge in [-0.3, -0.25) is 0 Å². The molecule has 0 saturated heterocycles. The Morgan fingerprint density at radius 3 is 2.15 bits per heavy atom. The van der Waals surface area contributed by atoms with Crippen LogP contribution in [-0.4, -0.2) is 18.7 Å². The van der Waals surface area contributed by atoms with Crippen molar-refractivity contribution >= 4 is 0 Å². The fourth-order valence-corrected chi connectivity index (χ4v) is 2.55. The first-order chi connectivity index (χ1) is 9.62. The average Bonchev–Trinajstić information content (AvgIpc) is 2.45. The number of likely N-dealkylation sites (N-methyl/N-ethyl adjacent to an activating group) is 1. The van der Waals surface area contributed by atoms with E-state index in [1.54, 1.807) is 0 Å². The van der Waals surface area contributed by atoms with Crippen LogP contribution < -0.4 is 10.1 Å². The highest BCUT2D eigenvalue weighted by Gasteiger charge is 2.20. The predicted molar refractivity (Wildman–Crippen MR) is 87.6 cm³/mol. The molecule has 1 rings (SSSR count). The lowest BCUT2D eigenvalue weighted by Gasteiger charge is -2.27. The summed E-state index contributed by atoms with van der Waals surface area (Å²) in [5, 5.41) is 3.56. The van der Waals surface area contributed by atoms with Crippen LogP contribution in [0.15, 0.2) is 24.3 Å². The van der Waals surface area contributed by atoms with Crippen LogP contribution in [-0.2, 0) is 0 Å². The van der Waals surface area contributed by atoms with Crippen molar-refractivity contribution in [1.82, 2.24) is 5.32 Å². The number of nitrogens with one attached hydrogen (secondary N) is 1. The average molecular weight is 277 g/mol. The van der Waals surface area contributed by atoms with Gasteiger partial charge in [-0.1, -0.05) is 53.2 Å². The zero-order valence-corrected chi connectivity index (χ0v) is 13.8. The summed E-state index contributed by atoms with van der Waals surface area (Å²) in [7, 11) is 0. The molecule has 0 aliphatic carbocycles. The Bertz CT molecular complexity index is 352. The fraction of sp³-hybridized carbons (Fsp3) is 0.667. The molecule has 0 saturated carbocycles. The molecule has 1 aromatic rings. The third-order valence-electron chi connectivity index (χ3n) is 3.75. The van der Waals surface area contributed by atoms with Crippen LogP contribution in [0.4, 0.5) is 0 Å². The summed E-state index contributed by atoms with van der Waals surface area (Å²) in [4.78, 5) is 0. The van der Waals surface area contributed by atoms with E-state index in [0.29, 0.717) is 12.0 Å². The molecule has 0 aliphatic rings. The van der Waals surface area contributed by atoms with Gasteiger partial charge in [-0.15, -0.1) is 0 Å². The van der Waals surface area contributed by atoms with Crippen LogP contribution in [0.25, 0.3) is 0 Å². The van der Waals surface area contributed by atoms with Gasteiger partial charge in [0.2, 0.25) is 0 Å². The number of ether oxygens (including phenoxy) is 1. The molecule has 2 unspecified atom stereocenters. The molecule has 0 radical (unpaired) electrons. The number of hydrogen-bond donors (Lipinski definition) is 1. The summed E-state index contributed by atoms with van der Waals surface area (Å²) in [5.41, 5.74) is 1.36. The van der Waals surface area contributed by atoms with Crippen LogP contribution in [0.3, 0.4) is 0 Å². The van der Waals surface area contributed by atoms with Crippen molar-refractivity contribution in [2.24, 2.45) is 0 Å². The number of hydrogen-bond acceptors (Lipinski definition) is 2. The Labute approximate surface area is 124 Å². The van der Waals surface area contributed by atoms with Crippen molar-refractivity contribution in [1.29, 1.82) is 0 Å². The van der Waals surface area contributed by atoms with Gasteiger partial charge in [0.25, 0.3) is 0 Å². The highest BCUT2D eigenvalue weighted by molar-refractivity contribution is 5.29. The topological polar surface area (TPSA) is 21.3 Å². The minimum absolute atomic E-state index is 0.250. The van der Waals surface area contributed by atoms with E-state index >= 15 is 0 Å². The van der Waals surface area contributed by atoms with Crippen LogP contribution in [0.2, 0.25) is 0 Å². The highest BCUT2D eigenvalue weighted by Crippen LogP contribution is 2.21. The summed E-state index contributed by atoms with van der Waals surface area (Å²) in [5.74, 6) is 1.56. The standard InChI is InChI=1S/C18H31NO/c1-6-9-17(19-8-3)18(7-2)20-16-12-10-15(11-13-16)14(4)5/h10-14,17-19H,6-9H2,1-5H3. The second-order valence-electron chi connectivity index (χ2n) is 5.74. The molecule has 114 valence electrons. The number of benzene rings is 1. The van der Waals surface area contributed by atoms with Crippen LogP contribution in [0, 0.1) is 0 Å². The lowest BCUT2D eigenvalue weighted by Crippen LogP contribution is -2.42. The molecule has 0 amide bonds. The van der Waals surface area contributed by atoms with Crippen molar-refractivity contribution in [2.75, 3.05) is 6.54 Å². The third-order valence-corrected chi connectivity index (χ3v) is 3.75. The SMILES string of the molecule is CCCC(NCC)C(CC)Oc1ccc(C(C)C)cc1. The molecule has 1 aromatic carbocycles. The van der Waals surface area contributed by atoms with E-state index in [9.17, 15) is 0 Å². The molecular weight excluding hydrogens is 246 g/mol. The van der Waals surface area contributed by atoms with E-state index in [-0.39, 0.29) is 6.10 Å². The summed E-state index contributed by atoms with van der Waals surface area (Å²) < 4.78 is 6.20. The van der Waals surface area contributed by atoms with E-state index in [4.69, 9.17) is 4.74 Å². The van der Waals surface area contributed by atoms with E-state index in [1.165, 1.54) is 12.0 Å². The lowest BCUT2D eigenvalue weighted by atomic mass is 10.0. The maximum absolute atomic E-state index is 6.20. The molecule has 0 bridgehead atoms. The zero-order chi connectivity index (χ0) is 15.0. The normalized spacial score (nSPS) is 14.3. The quantitative estimate of drug-likeness (QED) is 0.703. The monoisotopic (exact) mass is 277 g/mol. The summed E-state index contributed by atoms with van der Waals surface area (Å²) in [6, 6.07) is 9.00. The maximum Gasteiger partial charge on any atom is 0.119 e. The molecule has 2 nitrogen and oxygen atoms in total. The maximum atomic E-state index is 6.20. The first-order valence-electron chi connectivity index (χ1n) is 8.12. The smallest absolute Gasteiger partial charge is 0.119 e. The van der Waals surface area contributed by atoms with Gasteiger partial charge in [-0.2, -0.15) is 0 Å². The lowest BCUT2D eigenvalue weighted by molar-refractivity contribution is 0.143. The molecule has 2 heteroatoms. The van der Waals surface area contributed by atoms with Gasteiger partial charge >= 0.3 is 0 Å². The third kappa shape index (κ3) is 5.16. The summed E-state index contributed by atoms with van der Waals surface area (Å²) >= 11 is 0. The van der Waals surface area contributed by atoms with E-state index in [1.807, 2.05) is 0 Å². The largest absolute Gasteiger partial charge is 0.489 e. The molecular formula is C18H31NO. The first kappa shape index (κ1) is 17.0. The second kappa shape index (κ2) is 9.02. The van der Waals surface area contributed by atoms with Gasteiger partial charge in [0.05, 0.1) is 0 Å². The van der Waals surface area contributed by atoms with Gasteiger partial charge in [0, 0.05) is 6.04 Å². The van der Waals surface area contributed by atoms with Crippen molar-refractivity contribution in [3.05, 3.63) is 29.8 Å². The van der Waals surface area contributed by atoms with Gasteiger partial charge in [0.15, 0.2) is 0 Å². The Balaban J connectivity index is 2.70. The Morgan fingerprint density at radius 1 is 1.05 bits per heavy atom. The molecule has 1 N–H and O–H groups in total. The van der Waals surface area contributed by atoms with Gasteiger partial charge in [0.1, 0.15) is 11.9 Å². The Morgan fingerprint density at radius 2 is 1.70 bits per heavy atom. The summed E-state index contributed by atoms with van der Waals surface area (Å²) in [6.07, 6.45) is 3.63. The molecule has 0 aromatic heterocycles. The molecule has 0 spiro atoms. The molecule has 0 fully saturated rings. The van der Waals surface area contributed by atoms with E-state index in [0.717, 1.165) is 25.1 Å². The van der Waals surface area contributed by atoms with Crippen LogP contribution in [0.5, 0.6) is 5.75 Å². The highest BCUT2D eigenvalue weighted by atomic mass is 16.5. The summed E-state index contributed by atoms with van der Waals surface area (Å²) in [6.45, 7) is 12.0. The van der Waals surface area contributed by atoms with Gasteiger partial charge < -0.3 is 10.1 Å². The van der Waals surface area contributed by atoms with Gasteiger partial charge in [-0.25, -0.2) is 0 Å². The second-order valence-corrected chi connectivity index (χ2v) is 5.74. The zero-order valence-electron chi connectivity index (χ0n) is 13.8. The molecule has 0 aliphatic heterocycles. The van der Waals surface area contributed by atoms with E-state index < -0.39 is 0 Å². The van der Waals surface area contributed by atoms with E-state index in [2.05, 4.69) is 64.2 Å². The minimum Gasteiger partial charge on any atom is -0.489 e. The van der Waals surface area contributed by atoms with Crippen molar-refractivity contribution < 1.29 is 4.74 Å². The van der Waals surface area contributed by atoms with Crippen molar-refractivity contribution in [2.45, 2.75) is 71.9 Å². The minimum atomic E-state index is 0.250. The molecule has 2 atom stereocenters. The first-order valence-corrected chi connectivity index (χ1v) is 8.12. The molecule has 0 heterocycles. The predicted octanol–water partition coefficient (Wildman–Crippen LogP) is 4.75. The van der Waals surface area contributed by atoms with Crippen molar-refractivity contribution in [3.63, 3.8) is 0 Å². The number of rotatable bonds is 9.